The van der Waals surface area contributed by atoms with Crippen molar-refractivity contribution in [1.29, 1.82) is 0 Å². The molecule has 1 aliphatic rings. The van der Waals surface area contributed by atoms with Gasteiger partial charge in [-0.25, -0.2) is 0 Å². The Bertz CT molecular complexity index is 445. The number of aryl methyl sites for hydroxylation is 1. The minimum absolute atomic E-state index is 0.0180. The molecule has 0 spiro atoms. The summed E-state index contributed by atoms with van der Waals surface area (Å²) in [4.78, 5) is 13.7. The molecular formula is C12H15ClN2O. The van der Waals surface area contributed by atoms with E-state index >= 15 is 0 Å². The molecule has 0 radical (unpaired) electrons. The first-order chi connectivity index (χ1) is 7.50. The van der Waals surface area contributed by atoms with E-state index < -0.39 is 0 Å². The van der Waals surface area contributed by atoms with Crippen molar-refractivity contribution in [2.45, 2.75) is 13.8 Å². The molecule has 1 aromatic carbocycles. The van der Waals surface area contributed by atoms with E-state index in [0.29, 0.717) is 11.6 Å². The zero-order valence-electron chi connectivity index (χ0n) is 9.67. The predicted octanol–water partition coefficient (Wildman–Crippen LogP) is 2.67. The van der Waals surface area contributed by atoms with Crippen molar-refractivity contribution < 1.29 is 4.79 Å². The van der Waals surface area contributed by atoms with E-state index in [1.54, 1.807) is 11.9 Å². The number of rotatable bonds is 0. The largest absolute Gasteiger partial charge is 0.382 e. The van der Waals surface area contributed by atoms with Crippen molar-refractivity contribution in [2.75, 3.05) is 23.8 Å². The molecule has 0 bridgehead atoms. The van der Waals surface area contributed by atoms with Crippen molar-refractivity contribution in [3.63, 3.8) is 0 Å². The third kappa shape index (κ3) is 1.76. The number of nitrogens with zero attached hydrogens (tertiary/aromatic N) is 1. The number of fused-ring (bicyclic) bond motifs is 1. The molecule has 16 heavy (non-hydrogen) atoms. The van der Waals surface area contributed by atoms with Crippen LogP contribution in [0.4, 0.5) is 11.4 Å². The van der Waals surface area contributed by atoms with Gasteiger partial charge in [-0.1, -0.05) is 18.5 Å². The Morgan fingerprint density at radius 3 is 2.88 bits per heavy atom. The molecule has 4 heteroatoms. The smallest absolute Gasteiger partial charge is 0.231 e. The zero-order valence-corrected chi connectivity index (χ0v) is 10.4. The minimum Gasteiger partial charge on any atom is -0.382 e. The molecule has 1 N–H and O–H groups in total. The summed E-state index contributed by atoms with van der Waals surface area (Å²) in [6, 6.07) is 3.73. The van der Waals surface area contributed by atoms with Gasteiger partial charge in [-0.15, -0.1) is 0 Å². The van der Waals surface area contributed by atoms with Gasteiger partial charge in [0.25, 0.3) is 0 Å². The SMILES string of the molecule is Cc1cc(Cl)cc2c1NCC(C)C(=O)N2C. The van der Waals surface area contributed by atoms with Crippen molar-refractivity contribution in [1.82, 2.24) is 0 Å². The molecule has 3 nitrogen and oxygen atoms in total. The van der Waals surface area contributed by atoms with Crippen LogP contribution in [0.3, 0.4) is 0 Å². The Hall–Kier alpha value is -1.22. The zero-order chi connectivity index (χ0) is 11.9. The highest BCUT2D eigenvalue weighted by Gasteiger charge is 2.25. The molecule has 1 aliphatic heterocycles. The molecule has 86 valence electrons. The molecule has 1 amide bonds. The van der Waals surface area contributed by atoms with E-state index in [9.17, 15) is 4.79 Å². The van der Waals surface area contributed by atoms with E-state index in [-0.39, 0.29) is 11.8 Å². The monoisotopic (exact) mass is 238 g/mol. The number of amides is 1. The maximum absolute atomic E-state index is 12.0. The van der Waals surface area contributed by atoms with Crippen LogP contribution in [0.5, 0.6) is 0 Å². The summed E-state index contributed by atoms with van der Waals surface area (Å²) in [6.45, 7) is 4.58. The number of carbonyl (C=O) groups excluding carboxylic acids is 1. The molecule has 0 saturated carbocycles. The van der Waals surface area contributed by atoms with Crippen molar-refractivity contribution >= 4 is 28.9 Å². The van der Waals surface area contributed by atoms with Gasteiger partial charge in [0.15, 0.2) is 0 Å². The normalized spacial score (nSPS) is 20.1. The van der Waals surface area contributed by atoms with Gasteiger partial charge in [0.1, 0.15) is 0 Å². The minimum atomic E-state index is -0.0180. The second kappa shape index (κ2) is 3.98. The predicted molar refractivity (Wildman–Crippen MR) is 67.3 cm³/mol. The fourth-order valence-corrected chi connectivity index (χ4v) is 2.28. The lowest BCUT2D eigenvalue weighted by atomic mass is 10.1. The quantitative estimate of drug-likeness (QED) is 0.754. The summed E-state index contributed by atoms with van der Waals surface area (Å²) in [6.07, 6.45) is 0. The molecule has 0 saturated heterocycles. The van der Waals surface area contributed by atoms with E-state index in [0.717, 1.165) is 16.9 Å². The van der Waals surface area contributed by atoms with Gasteiger partial charge in [-0.3, -0.25) is 4.79 Å². The fraction of sp³-hybridized carbons (Fsp3) is 0.417. The standard InChI is InChI=1S/C12H15ClN2O/c1-7-4-9(13)5-10-11(7)14-6-8(2)12(16)15(10)3/h4-5,8,14H,6H2,1-3H3. The third-order valence-electron chi connectivity index (χ3n) is 2.98. The second-order valence-corrected chi connectivity index (χ2v) is 4.73. The second-order valence-electron chi connectivity index (χ2n) is 4.30. The van der Waals surface area contributed by atoms with Crippen LogP contribution < -0.4 is 10.2 Å². The molecule has 1 atom stereocenters. The molecule has 1 unspecified atom stereocenters. The van der Waals surface area contributed by atoms with Crippen LogP contribution in [0.25, 0.3) is 0 Å². The Kier molecular flexibility index (Phi) is 2.80. The highest BCUT2D eigenvalue weighted by atomic mass is 35.5. The number of carbonyl (C=O) groups is 1. The summed E-state index contributed by atoms with van der Waals surface area (Å²) in [5, 5.41) is 3.97. The highest BCUT2D eigenvalue weighted by molar-refractivity contribution is 6.31. The number of nitrogens with one attached hydrogen (secondary N) is 1. The lowest BCUT2D eigenvalue weighted by Crippen LogP contribution is -2.31. The molecule has 0 fully saturated rings. The van der Waals surface area contributed by atoms with Gasteiger partial charge >= 0.3 is 0 Å². The number of halogens is 1. The Morgan fingerprint density at radius 2 is 2.19 bits per heavy atom. The van der Waals surface area contributed by atoms with Crippen molar-refractivity contribution in [2.24, 2.45) is 5.92 Å². The summed E-state index contributed by atoms with van der Waals surface area (Å²) in [5.74, 6) is 0.100. The first-order valence-electron chi connectivity index (χ1n) is 5.32. The fourth-order valence-electron chi connectivity index (χ4n) is 2.01. The topological polar surface area (TPSA) is 32.3 Å². The third-order valence-corrected chi connectivity index (χ3v) is 3.20. The van der Waals surface area contributed by atoms with E-state index in [4.69, 9.17) is 11.6 Å². The summed E-state index contributed by atoms with van der Waals surface area (Å²) < 4.78 is 0. The van der Waals surface area contributed by atoms with Gasteiger partial charge in [-0.05, 0) is 24.6 Å². The van der Waals surface area contributed by atoms with Crippen molar-refractivity contribution in [3.8, 4) is 0 Å². The highest BCUT2D eigenvalue weighted by Crippen LogP contribution is 2.34. The Morgan fingerprint density at radius 1 is 1.50 bits per heavy atom. The van der Waals surface area contributed by atoms with Crippen LogP contribution in [0, 0.1) is 12.8 Å². The lowest BCUT2D eigenvalue weighted by Gasteiger charge is -2.19. The lowest BCUT2D eigenvalue weighted by molar-refractivity contribution is -0.121. The molecule has 1 aromatic rings. The molecule has 1 heterocycles. The molecule has 0 aromatic heterocycles. The maximum atomic E-state index is 12.0. The van der Waals surface area contributed by atoms with Crippen LogP contribution in [-0.4, -0.2) is 19.5 Å². The maximum Gasteiger partial charge on any atom is 0.231 e. The number of benzene rings is 1. The molecule has 2 rings (SSSR count). The average molecular weight is 239 g/mol. The average Bonchev–Trinajstić information content (AvgIpc) is 2.32. The number of hydrogen-bond acceptors (Lipinski definition) is 2. The van der Waals surface area contributed by atoms with E-state index in [2.05, 4.69) is 5.32 Å². The molecule has 0 aliphatic carbocycles. The van der Waals surface area contributed by atoms with Gasteiger partial charge in [0.05, 0.1) is 17.3 Å². The molecular weight excluding hydrogens is 224 g/mol. The van der Waals surface area contributed by atoms with Gasteiger partial charge in [0, 0.05) is 18.6 Å². The Balaban J connectivity index is 2.57. The summed E-state index contributed by atoms with van der Waals surface area (Å²) in [7, 11) is 1.79. The Labute approximate surface area is 100 Å². The van der Waals surface area contributed by atoms with Gasteiger partial charge < -0.3 is 10.2 Å². The van der Waals surface area contributed by atoms with Crippen LogP contribution in [0.1, 0.15) is 12.5 Å². The van der Waals surface area contributed by atoms with E-state index in [1.807, 2.05) is 26.0 Å². The summed E-state index contributed by atoms with van der Waals surface area (Å²) in [5.41, 5.74) is 2.93. The van der Waals surface area contributed by atoms with Crippen LogP contribution >= 0.6 is 11.6 Å². The number of anilines is 2. The van der Waals surface area contributed by atoms with Crippen LogP contribution in [-0.2, 0) is 4.79 Å². The first kappa shape index (κ1) is 11.3. The van der Waals surface area contributed by atoms with Crippen LogP contribution in [0.2, 0.25) is 5.02 Å². The van der Waals surface area contributed by atoms with E-state index in [1.165, 1.54) is 0 Å². The van der Waals surface area contributed by atoms with Crippen LogP contribution in [0.15, 0.2) is 12.1 Å². The van der Waals surface area contributed by atoms with Gasteiger partial charge in [0.2, 0.25) is 5.91 Å². The summed E-state index contributed by atoms with van der Waals surface area (Å²) >= 11 is 6.02. The first-order valence-corrected chi connectivity index (χ1v) is 5.70. The number of hydrogen-bond donors (Lipinski definition) is 1. The van der Waals surface area contributed by atoms with Gasteiger partial charge in [-0.2, -0.15) is 0 Å². The van der Waals surface area contributed by atoms with Crippen molar-refractivity contribution in [3.05, 3.63) is 22.7 Å².